The number of ether oxygens (including phenoxy) is 1. The van der Waals surface area contributed by atoms with E-state index in [-0.39, 0.29) is 11.9 Å². The van der Waals surface area contributed by atoms with Gasteiger partial charge in [-0.2, -0.15) is 5.10 Å². The Balaban J connectivity index is 1.61. The molecule has 0 spiro atoms. The standard InChI is InChI=1S/C22H24N4O2/c1-26(20(14-28-2)19-8-3-4-11-23-19)22(27)17-7-5-6-16(12-17)18-13-24-25-21(18)15-9-10-15/h3-8,11-13,15,20H,9-10,14H2,1-2H3,(H,24,25)/t20-/m1/s1. The smallest absolute Gasteiger partial charge is 0.254 e. The minimum absolute atomic E-state index is 0.0639. The predicted octanol–water partition coefficient (Wildman–Crippen LogP) is 3.81. The second kappa shape index (κ2) is 7.94. The van der Waals surface area contributed by atoms with Crippen LogP contribution in [0.2, 0.25) is 0 Å². The fourth-order valence-electron chi connectivity index (χ4n) is 3.50. The number of nitrogens with one attached hydrogen (secondary N) is 1. The summed E-state index contributed by atoms with van der Waals surface area (Å²) >= 11 is 0. The third-order valence-electron chi connectivity index (χ3n) is 5.22. The Morgan fingerprint density at radius 3 is 2.86 bits per heavy atom. The first-order chi connectivity index (χ1) is 13.7. The summed E-state index contributed by atoms with van der Waals surface area (Å²) in [5.74, 6) is 0.501. The van der Waals surface area contributed by atoms with E-state index in [1.54, 1.807) is 25.3 Å². The van der Waals surface area contributed by atoms with E-state index in [4.69, 9.17) is 4.74 Å². The van der Waals surface area contributed by atoms with Gasteiger partial charge in [0, 0.05) is 43.1 Å². The third-order valence-corrected chi connectivity index (χ3v) is 5.22. The van der Waals surface area contributed by atoms with Crippen LogP contribution in [0, 0.1) is 0 Å². The summed E-state index contributed by atoms with van der Waals surface area (Å²) in [7, 11) is 3.42. The number of pyridine rings is 1. The van der Waals surface area contributed by atoms with Crippen LogP contribution >= 0.6 is 0 Å². The molecular formula is C22H24N4O2. The fourth-order valence-corrected chi connectivity index (χ4v) is 3.50. The molecule has 1 aliphatic rings. The molecule has 1 amide bonds. The van der Waals surface area contributed by atoms with Crippen molar-refractivity contribution in [3.63, 3.8) is 0 Å². The Labute approximate surface area is 164 Å². The summed E-state index contributed by atoms with van der Waals surface area (Å²) in [6.45, 7) is 0.381. The Bertz CT molecular complexity index is 950. The molecule has 1 fully saturated rings. The van der Waals surface area contributed by atoms with E-state index in [1.807, 2.05) is 48.7 Å². The molecule has 4 rings (SSSR count). The highest BCUT2D eigenvalue weighted by Crippen LogP contribution is 2.43. The maximum Gasteiger partial charge on any atom is 0.254 e. The van der Waals surface area contributed by atoms with Crippen LogP contribution < -0.4 is 0 Å². The number of carbonyl (C=O) groups is 1. The average Bonchev–Trinajstić information content (AvgIpc) is 3.48. The zero-order valence-electron chi connectivity index (χ0n) is 16.1. The quantitative estimate of drug-likeness (QED) is 0.681. The van der Waals surface area contributed by atoms with Gasteiger partial charge in [-0.1, -0.05) is 18.2 Å². The molecule has 28 heavy (non-hydrogen) atoms. The highest BCUT2D eigenvalue weighted by Gasteiger charge is 2.29. The zero-order valence-corrected chi connectivity index (χ0v) is 16.1. The van der Waals surface area contributed by atoms with Crippen molar-refractivity contribution in [3.05, 3.63) is 71.8 Å². The number of rotatable bonds is 7. The highest BCUT2D eigenvalue weighted by atomic mass is 16.5. The minimum atomic E-state index is -0.252. The topological polar surface area (TPSA) is 71.1 Å². The molecule has 1 aliphatic carbocycles. The van der Waals surface area contributed by atoms with Crippen molar-refractivity contribution in [1.82, 2.24) is 20.1 Å². The molecule has 0 aliphatic heterocycles. The van der Waals surface area contributed by atoms with Gasteiger partial charge in [-0.15, -0.1) is 0 Å². The lowest BCUT2D eigenvalue weighted by Gasteiger charge is -2.27. The molecule has 3 aromatic rings. The van der Waals surface area contributed by atoms with E-state index in [9.17, 15) is 4.79 Å². The summed E-state index contributed by atoms with van der Waals surface area (Å²) in [6.07, 6.45) is 5.97. The van der Waals surface area contributed by atoms with Crippen molar-refractivity contribution in [2.24, 2.45) is 0 Å². The van der Waals surface area contributed by atoms with E-state index in [0.29, 0.717) is 18.1 Å². The molecule has 1 aromatic carbocycles. The molecule has 0 saturated heterocycles. The van der Waals surface area contributed by atoms with E-state index in [2.05, 4.69) is 15.2 Å². The lowest BCUT2D eigenvalue weighted by atomic mass is 10.0. The van der Waals surface area contributed by atoms with Gasteiger partial charge in [-0.05, 0) is 42.7 Å². The van der Waals surface area contributed by atoms with Crippen molar-refractivity contribution < 1.29 is 9.53 Å². The predicted molar refractivity (Wildman–Crippen MR) is 107 cm³/mol. The fraction of sp³-hybridized carbons (Fsp3) is 0.318. The van der Waals surface area contributed by atoms with Crippen LogP contribution in [0.3, 0.4) is 0 Å². The van der Waals surface area contributed by atoms with Gasteiger partial charge in [0.05, 0.1) is 24.5 Å². The van der Waals surface area contributed by atoms with Gasteiger partial charge in [0.25, 0.3) is 5.91 Å². The molecule has 0 unspecified atom stereocenters. The largest absolute Gasteiger partial charge is 0.382 e. The number of methoxy groups -OCH3 is 1. The maximum absolute atomic E-state index is 13.2. The summed E-state index contributed by atoms with van der Waals surface area (Å²) in [5, 5.41) is 7.34. The molecule has 1 saturated carbocycles. The maximum atomic E-state index is 13.2. The number of hydrogen-bond donors (Lipinski definition) is 1. The SMILES string of the molecule is COC[C@H](c1ccccn1)N(C)C(=O)c1cccc(-c2cn[nH]c2C2CC2)c1. The van der Waals surface area contributed by atoms with Crippen molar-refractivity contribution in [1.29, 1.82) is 0 Å². The van der Waals surface area contributed by atoms with Crippen LogP contribution in [0.4, 0.5) is 0 Å². The number of benzene rings is 1. The first-order valence-electron chi connectivity index (χ1n) is 9.49. The van der Waals surface area contributed by atoms with Gasteiger partial charge in [0.15, 0.2) is 0 Å². The van der Waals surface area contributed by atoms with E-state index in [0.717, 1.165) is 16.8 Å². The van der Waals surface area contributed by atoms with Gasteiger partial charge >= 0.3 is 0 Å². The summed E-state index contributed by atoms with van der Waals surface area (Å²) in [6, 6.07) is 13.2. The van der Waals surface area contributed by atoms with Crippen LogP contribution in [-0.4, -0.2) is 46.8 Å². The molecule has 6 heteroatoms. The van der Waals surface area contributed by atoms with Gasteiger partial charge < -0.3 is 9.64 Å². The number of nitrogens with zero attached hydrogens (tertiary/aromatic N) is 3. The van der Waals surface area contributed by atoms with Gasteiger partial charge in [0.1, 0.15) is 0 Å². The molecular weight excluding hydrogens is 352 g/mol. The molecule has 6 nitrogen and oxygen atoms in total. The summed E-state index contributed by atoms with van der Waals surface area (Å²) in [4.78, 5) is 19.3. The number of carbonyl (C=O) groups excluding carboxylic acids is 1. The second-order valence-corrected chi connectivity index (χ2v) is 7.19. The van der Waals surface area contributed by atoms with Gasteiger partial charge in [-0.25, -0.2) is 0 Å². The van der Waals surface area contributed by atoms with Crippen LogP contribution in [0.25, 0.3) is 11.1 Å². The lowest BCUT2D eigenvalue weighted by Crippen LogP contribution is -2.34. The number of H-pyrrole nitrogens is 1. The molecule has 0 radical (unpaired) electrons. The molecule has 1 atom stereocenters. The van der Waals surface area contributed by atoms with Crippen LogP contribution in [0.15, 0.2) is 54.9 Å². The first kappa shape index (κ1) is 18.4. The van der Waals surface area contributed by atoms with Crippen LogP contribution in [0.1, 0.15) is 46.5 Å². The number of amides is 1. The molecule has 144 valence electrons. The molecule has 2 heterocycles. The molecule has 0 bridgehead atoms. The van der Waals surface area contributed by atoms with Crippen LogP contribution in [-0.2, 0) is 4.74 Å². The summed E-state index contributed by atoms with van der Waals surface area (Å²) in [5.41, 5.74) is 4.71. The summed E-state index contributed by atoms with van der Waals surface area (Å²) < 4.78 is 5.35. The van der Waals surface area contributed by atoms with Crippen molar-refractivity contribution in [2.45, 2.75) is 24.8 Å². The Kier molecular flexibility index (Phi) is 5.21. The van der Waals surface area contributed by atoms with Crippen molar-refractivity contribution >= 4 is 5.91 Å². The van der Waals surface area contributed by atoms with Gasteiger partial charge in [-0.3, -0.25) is 14.9 Å². The normalized spacial score (nSPS) is 14.6. The number of likely N-dealkylation sites (N-methyl/N-ethyl adjacent to an activating group) is 1. The van der Waals surface area contributed by atoms with Crippen molar-refractivity contribution in [2.75, 3.05) is 20.8 Å². The number of hydrogen-bond acceptors (Lipinski definition) is 4. The number of aromatic nitrogens is 3. The second-order valence-electron chi connectivity index (χ2n) is 7.19. The average molecular weight is 376 g/mol. The first-order valence-corrected chi connectivity index (χ1v) is 9.49. The number of aromatic amines is 1. The molecule has 2 aromatic heterocycles. The van der Waals surface area contributed by atoms with Crippen molar-refractivity contribution in [3.8, 4) is 11.1 Å². The van der Waals surface area contributed by atoms with E-state index in [1.165, 1.54) is 18.5 Å². The Morgan fingerprint density at radius 2 is 2.14 bits per heavy atom. The van der Waals surface area contributed by atoms with Gasteiger partial charge in [0.2, 0.25) is 0 Å². The monoisotopic (exact) mass is 376 g/mol. The lowest BCUT2D eigenvalue weighted by molar-refractivity contribution is 0.0595. The van der Waals surface area contributed by atoms with E-state index >= 15 is 0 Å². The Hall–Kier alpha value is -2.99. The minimum Gasteiger partial charge on any atom is -0.382 e. The third kappa shape index (κ3) is 3.68. The van der Waals surface area contributed by atoms with Crippen LogP contribution in [0.5, 0.6) is 0 Å². The molecule has 1 N–H and O–H groups in total. The Morgan fingerprint density at radius 1 is 1.29 bits per heavy atom. The highest BCUT2D eigenvalue weighted by molar-refractivity contribution is 5.95. The van der Waals surface area contributed by atoms with E-state index < -0.39 is 0 Å². The zero-order chi connectivity index (χ0) is 19.5.